The van der Waals surface area contributed by atoms with Crippen molar-refractivity contribution in [2.24, 2.45) is 5.73 Å². The molecule has 2 aliphatic rings. The average Bonchev–Trinajstić information content (AvgIpc) is 3.37. The maximum Gasteiger partial charge on any atom is 0.234 e. The number of anilines is 2. The largest absolute Gasteiger partial charge is 0.384 e. The third kappa shape index (κ3) is 5.50. The highest BCUT2D eigenvalue weighted by Crippen LogP contribution is 2.47. The molecule has 1 atom stereocenters. The molecule has 2 aromatic carbocycles. The Bertz CT molecular complexity index is 1570. The monoisotopic (exact) mass is 620 g/mol. The molecular formula is C28H25BrN6O2S2. The number of allylic oxidation sites excluding steroid dienone is 3. The Morgan fingerprint density at radius 2 is 2.00 bits per heavy atom. The van der Waals surface area contributed by atoms with E-state index in [1.54, 1.807) is 4.90 Å². The van der Waals surface area contributed by atoms with E-state index in [9.17, 15) is 14.9 Å². The summed E-state index contributed by atoms with van der Waals surface area (Å²) in [5, 5.41) is 22.2. The Kier molecular flexibility index (Phi) is 7.88. The van der Waals surface area contributed by atoms with Gasteiger partial charge in [-0.25, -0.2) is 0 Å². The second-order valence-electron chi connectivity index (χ2n) is 9.37. The smallest absolute Gasteiger partial charge is 0.234 e. The normalized spacial score (nSPS) is 17.2. The molecule has 1 amide bonds. The van der Waals surface area contributed by atoms with Crippen molar-refractivity contribution >= 4 is 61.5 Å². The van der Waals surface area contributed by atoms with Crippen LogP contribution >= 0.6 is 39.0 Å². The molecule has 0 saturated carbocycles. The van der Waals surface area contributed by atoms with E-state index in [1.807, 2.05) is 56.3 Å². The van der Waals surface area contributed by atoms with Crippen molar-refractivity contribution in [2.45, 2.75) is 43.4 Å². The maximum absolute atomic E-state index is 13.3. The van der Waals surface area contributed by atoms with Crippen LogP contribution in [-0.4, -0.2) is 27.6 Å². The van der Waals surface area contributed by atoms with Crippen molar-refractivity contribution in [1.82, 2.24) is 10.2 Å². The number of halogens is 1. The molecule has 2 heterocycles. The number of ketones is 1. The quantitative estimate of drug-likeness (QED) is 0.324. The zero-order valence-electron chi connectivity index (χ0n) is 21.3. The summed E-state index contributed by atoms with van der Waals surface area (Å²) in [5.41, 5.74) is 12.0. The fraction of sp³-hybridized carbons (Fsp3) is 0.250. The van der Waals surface area contributed by atoms with E-state index in [2.05, 4.69) is 37.5 Å². The number of nitrogens with one attached hydrogen (secondary N) is 1. The van der Waals surface area contributed by atoms with Gasteiger partial charge in [0.15, 0.2) is 10.1 Å². The summed E-state index contributed by atoms with van der Waals surface area (Å²) in [6.07, 6.45) is 1.76. The standard InChI is InChI=1S/C28H25BrN6O2S2/c1-15-6-8-17(9-7-15)24-19(13-30)26(31)35(21-4-3-5-22(36)25(21)24)27-33-34-28(39-27)38-14-23(37)32-20-11-10-18(29)12-16(20)2/h6-12,24H,3-5,14,31H2,1-2H3,(H,32,37). The molecule has 5 rings (SSSR count). The third-order valence-electron chi connectivity index (χ3n) is 6.70. The number of carbonyl (C=O) groups excluding carboxylic acids is 2. The summed E-state index contributed by atoms with van der Waals surface area (Å²) in [5.74, 6) is -0.239. The highest BCUT2D eigenvalue weighted by Gasteiger charge is 2.41. The summed E-state index contributed by atoms with van der Waals surface area (Å²) < 4.78 is 1.53. The zero-order chi connectivity index (χ0) is 27.7. The minimum atomic E-state index is -0.512. The van der Waals surface area contributed by atoms with Gasteiger partial charge in [0, 0.05) is 27.9 Å². The summed E-state index contributed by atoms with van der Waals surface area (Å²) in [4.78, 5) is 27.5. The molecule has 0 fully saturated rings. The van der Waals surface area contributed by atoms with Crippen LogP contribution in [0.25, 0.3) is 0 Å². The number of hydrogen-bond acceptors (Lipinski definition) is 9. The van der Waals surface area contributed by atoms with E-state index < -0.39 is 5.92 Å². The average molecular weight is 622 g/mol. The first-order valence-electron chi connectivity index (χ1n) is 12.3. The van der Waals surface area contributed by atoms with Gasteiger partial charge in [0.05, 0.1) is 23.3 Å². The molecule has 8 nitrogen and oxygen atoms in total. The number of hydrogen-bond donors (Lipinski definition) is 2. The molecule has 1 aliphatic carbocycles. The Morgan fingerprint density at radius 3 is 2.72 bits per heavy atom. The molecule has 198 valence electrons. The van der Waals surface area contributed by atoms with Crippen molar-refractivity contribution in [1.29, 1.82) is 5.26 Å². The molecule has 0 radical (unpaired) electrons. The van der Waals surface area contributed by atoms with Crippen LogP contribution in [0.1, 0.15) is 41.9 Å². The van der Waals surface area contributed by atoms with E-state index in [1.165, 1.54) is 23.1 Å². The highest BCUT2D eigenvalue weighted by atomic mass is 79.9. The van der Waals surface area contributed by atoms with Crippen LogP contribution in [0.3, 0.4) is 0 Å². The van der Waals surface area contributed by atoms with Crippen molar-refractivity contribution in [2.75, 3.05) is 16.0 Å². The molecule has 1 aromatic heterocycles. The lowest BCUT2D eigenvalue weighted by Crippen LogP contribution is -2.38. The first-order chi connectivity index (χ1) is 18.8. The number of thioether (sulfide) groups is 1. The van der Waals surface area contributed by atoms with Crippen molar-refractivity contribution in [3.05, 3.63) is 86.3 Å². The minimum absolute atomic E-state index is 0.0195. The Hall–Kier alpha value is -3.46. The van der Waals surface area contributed by atoms with Crippen LogP contribution in [0.5, 0.6) is 0 Å². The summed E-state index contributed by atoms with van der Waals surface area (Å²) in [7, 11) is 0. The second-order valence-corrected chi connectivity index (χ2v) is 12.5. The predicted molar refractivity (Wildman–Crippen MR) is 157 cm³/mol. The van der Waals surface area contributed by atoms with E-state index in [0.717, 1.165) is 32.5 Å². The topological polar surface area (TPSA) is 125 Å². The number of benzene rings is 2. The number of aromatic nitrogens is 2. The highest BCUT2D eigenvalue weighted by molar-refractivity contribution is 9.10. The van der Waals surface area contributed by atoms with Gasteiger partial charge in [0.25, 0.3) is 0 Å². The number of nitrogens with two attached hydrogens (primary N) is 1. The Balaban J connectivity index is 1.41. The van der Waals surface area contributed by atoms with Crippen LogP contribution in [0.2, 0.25) is 0 Å². The van der Waals surface area contributed by atoms with Gasteiger partial charge in [-0.1, -0.05) is 68.9 Å². The predicted octanol–water partition coefficient (Wildman–Crippen LogP) is 5.95. The Labute approximate surface area is 243 Å². The van der Waals surface area contributed by atoms with Gasteiger partial charge in [-0.2, -0.15) is 5.26 Å². The number of aryl methyl sites for hydroxylation is 2. The number of nitriles is 1. The maximum atomic E-state index is 13.3. The number of carbonyl (C=O) groups is 2. The number of amides is 1. The lowest BCUT2D eigenvalue weighted by Gasteiger charge is -2.38. The van der Waals surface area contributed by atoms with E-state index >= 15 is 0 Å². The van der Waals surface area contributed by atoms with E-state index in [-0.39, 0.29) is 23.3 Å². The molecule has 39 heavy (non-hydrogen) atoms. The number of rotatable bonds is 6. The van der Waals surface area contributed by atoms with Gasteiger partial charge < -0.3 is 11.1 Å². The molecule has 0 spiro atoms. The van der Waals surface area contributed by atoms with Crippen LogP contribution in [0.15, 0.2) is 73.9 Å². The lowest BCUT2D eigenvalue weighted by atomic mass is 9.75. The molecule has 3 aromatic rings. The Morgan fingerprint density at radius 1 is 1.23 bits per heavy atom. The van der Waals surface area contributed by atoms with Crippen LogP contribution < -0.4 is 16.0 Å². The van der Waals surface area contributed by atoms with E-state index in [0.29, 0.717) is 39.9 Å². The zero-order valence-corrected chi connectivity index (χ0v) is 24.5. The van der Waals surface area contributed by atoms with E-state index in [4.69, 9.17) is 5.73 Å². The minimum Gasteiger partial charge on any atom is -0.384 e. The fourth-order valence-electron chi connectivity index (χ4n) is 4.83. The lowest BCUT2D eigenvalue weighted by molar-refractivity contribution is -0.116. The van der Waals surface area contributed by atoms with Gasteiger partial charge in [-0.3, -0.25) is 14.5 Å². The SMILES string of the molecule is Cc1ccc(C2C(C#N)=C(N)N(c3nnc(SCC(=O)Nc4ccc(Br)cc4C)s3)C3=C2C(=O)CCC3)cc1. The second kappa shape index (κ2) is 11.3. The van der Waals surface area contributed by atoms with Crippen LogP contribution in [0.4, 0.5) is 10.8 Å². The fourth-order valence-corrected chi connectivity index (χ4v) is 6.99. The van der Waals surface area contributed by atoms with Gasteiger partial charge in [-0.05, 0) is 56.0 Å². The molecule has 11 heteroatoms. The number of Topliss-reactive ketones (excluding diaryl/α,β-unsaturated/α-hetero) is 1. The van der Waals surface area contributed by atoms with Crippen LogP contribution in [-0.2, 0) is 9.59 Å². The van der Waals surface area contributed by atoms with Gasteiger partial charge >= 0.3 is 0 Å². The van der Waals surface area contributed by atoms with Gasteiger partial charge in [0.2, 0.25) is 11.0 Å². The molecule has 0 bridgehead atoms. The number of nitrogens with zero attached hydrogens (tertiary/aromatic N) is 4. The van der Waals surface area contributed by atoms with Gasteiger partial charge in [0.1, 0.15) is 5.82 Å². The van der Waals surface area contributed by atoms with Crippen molar-refractivity contribution in [3.63, 3.8) is 0 Å². The van der Waals surface area contributed by atoms with Crippen molar-refractivity contribution in [3.8, 4) is 6.07 Å². The van der Waals surface area contributed by atoms with Crippen molar-refractivity contribution < 1.29 is 9.59 Å². The van der Waals surface area contributed by atoms with Crippen LogP contribution in [0, 0.1) is 25.2 Å². The molecule has 1 aliphatic heterocycles. The molecule has 0 saturated heterocycles. The molecular weight excluding hydrogens is 596 g/mol. The first-order valence-corrected chi connectivity index (χ1v) is 14.9. The third-order valence-corrected chi connectivity index (χ3v) is 9.24. The molecule has 1 unspecified atom stereocenters. The van der Waals surface area contributed by atoms with Gasteiger partial charge in [-0.15, -0.1) is 10.2 Å². The summed E-state index contributed by atoms with van der Waals surface area (Å²) in [6.45, 7) is 3.92. The summed E-state index contributed by atoms with van der Waals surface area (Å²) in [6, 6.07) is 15.8. The first kappa shape index (κ1) is 27.1. The molecule has 3 N–H and O–H groups in total. The summed E-state index contributed by atoms with van der Waals surface area (Å²) >= 11 is 5.97.